The van der Waals surface area contributed by atoms with Gasteiger partial charge in [-0.3, -0.25) is 0 Å². The van der Waals surface area contributed by atoms with E-state index in [1.807, 2.05) is 24.3 Å². The van der Waals surface area contributed by atoms with Crippen LogP contribution in [0.1, 0.15) is 22.3 Å². The van der Waals surface area contributed by atoms with Crippen LogP contribution in [0.3, 0.4) is 0 Å². The molecule has 49 heavy (non-hydrogen) atoms. The minimum Gasteiger partial charge on any atom is -0.870 e. The Morgan fingerprint density at radius 3 is 1.02 bits per heavy atom. The van der Waals surface area contributed by atoms with Crippen molar-refractivity contribution in [2.24, 2.45) is 0 Å². The number of ether oxygens (including phenoxy) is 4. The van der Waals surface area contributed by atoms with Crippen LogP contribution in [0, 0.1) is 38.6 Å². The van der Waals surface area contributed by atoms with Crippen LogP contribution in [0.25, 0.3) is 0 Å². The zero-order valence-corrected chi connectivity index (χ0v) is 30.4. The van der Waals surface area contributed by atoms with Crippen molar-refractivity contribution in [3.05, 3.63) is 95.1 Å². The molecule has 0 unspecified atom stereocenters. The number of rotatable bonds is 18. The Hall–Kier alpha value is -3.59. The number of para-hydroxylation sites is 4. The molecule has 4 aromatic carbocycles. The molecular formula is C36H46N4O8Tb-2. The molecule has 0 aliphatic heterocycles. The molecule has 4 rings (SSSR count). The quantitative estimate of drug-likeness (QED) is 0.0813. The number of benzene rings is 4. The van der Waals surface area contributed by atoms with E-state index in [4.69, 9.17) is 18.9 Å². The Kier molecular flexibility index (Phi) is 19.5. The van der Waals surface area contributed by atoms with Gasteiger partial charge in [0.25, 0.3) is 0 Å². The third kappa shape index (κ3) is 13.0. The van der Waals surface area contributed by atoms with Crippen molar-refractivity contribution in [2.75, 3.05) is 54.6 Å². The van der Waals surface area contributed by atoms with E-state index >= 15 is 0 Å². The molecule has 0 bridgehead atoms. The van der Waals surface area contributed by atoms with E-state index in [-0.39, 0.29) is 61.6 Å². The van der Waals surface area contributed by atoms with E-state index in [1.54, 1.807) is 48.5 Å². The van der Waals surface area contributed by atoms with Crippen LogP contribution in [-0.4, -0.2) is 64.8 Å². The fourth-order valence-corrected chi connectivity index (χ4v) is 4.72. The van der Waals surface area contributed by atoms with Gasteiger partial charge in [-0.05, 0) is 35.4 Å². The van der Waals surface area contributed by atoms with Crippen molar-refractivity contribution in [1.82, 2.24) is 21.3 Å². The van der Waals surface area contributed by atoms with Gasteiger partial charge < -0.3 is 60.6 Å². The van der Waals surface area contributed by atoms with Gasteiger partial charge in [0.15, 0.2) is 23.0 Å². The number of hydrogen-bond donors (Lipinski definition) is 6. The Balaban J connectivity index is 0.000000333. The second-order valence-corrected chi connectivity index (χ2v) is 10.5. The SMILES string of the molecule is COc1cccc(CNCCNCc2cccc(OC)c2O)c1[O-].COc1cccc(CNCCNCc2cccc(OC)c2O)c1[O-].[Tb]. The van der Waals surface area contributed by atoms with E-state index in [9.17, 15) is 20.4 Å². The summed E-state index contributed by atoms with van der Waals surface area (Å²) < 4.78 is 20.2. The van der Waals surface area contributed by atoms with Crippen molar-refractivity contribution >= 4 is 0 Å². The van der Waals surface area contributed by atoms with Gasteiger partial charge in [0, 0.05) is 102 Å². The monoisotopic (exact) mass is 821 g/mol. The third-order valence-electron chi connectivity index (χ3n) is 7.38. The molecule has 0 saturated heterocycles. The smallest absolute Gasteiger partial charge is 0.162 e. The van der Waals surface area contributed by atoms with E-state index in [1.165, 1.54) is 28.4 Å². The molecule has 6 N–H and O–H groups in total. The molecule has 269 valence electrons. The van der Waals surface area contributed by atoms with Crippen LogP contribution >= 0.6 is 0 Å². The second-order valence-electron chi connectivity index (χ2n) is 10.5. The molecule has 0 aromatic heterocycles. The largest absolute Gasteiger partial charge is 0.870 e. The van der Waals surface area contributed by atoms with Gasteiger partial charge >= 0.3 is 0 Å². The van der Waals surface area contributed by atoms with Gasteiger partial charge in [-0.15, -0.1) is 0 Å². The molecule has 13 heteroatoms. The van der Waals surface area contributed by atoms with Crippen molar-refractivity contribution in [1.29, 1.82) is 0 Å². The Bertz CT molecular complexity index is 1330. The van der Waals surface area contributed by atoms with Gasteiger partial charge in [-0.1, -0.05) is 60.0 Å². The zero-order chi connectivity index (χ0) is 34.7. The summed E-state index contributed by atoms with van der Waals surface area (Å²) in [7, 11) is 6.04. The Morgan fingerprint density at radius 1 is 0.449 bits per heavy atom. The van der Waals surface area contributed by atoms with E-state index < -0.39 is 0 Å². The summed E-state index contributed by atoms with van der Waals surface area (Å²) in [4.78, 5) is 0. The van der Waals surface area contributed by atoms with Crippen LogP contribution in [0.15, 0.2) is 72.8 Å². The first-order valence-corrected chi connectivity index (χ1v) is 15.5. The molecule has 0 aliphatic carbocycles. The molecule has 12 nitrogen and oxygen atoms in total. The third-order valence-corrected chi connectivity index (χ3v) is 7.38. The molecule has 0 atom stereocenters. The van der Waals surface area contributed by atoms with Gasteiger partial charge in [0.1, 0.15) is 11.5 Å². The average molecular weight is 822 g/mol. The van der Waals surface area contributed by atoms with Crippen molar-refractivity contribution in [3.8, 4) is 46.0 Å². The number of nitrogens with one attached hydrogen (secondary N) is 4. The second kappa shape index (κ2) is 22.9. The van der Waals surface area contributed by atoms with Crippen LogP contribution < -0.4 is 50.4 Å². The fraction of sp³-hybridized carbons (Fsp3) is 0.333. The molecular weight excluding hydrogens is 775 g/mol. The maximum atomic E-state index is 12.0. The molecule has 0 spiro atoms. The Morgan fingerprint density at radius 2 is 0.714 bits per heavy atom. The number of phenolic OH excluding ortho intramolecular Hbond substituents is 2. The minimum absolute atomic E-state index is 0. The first-order valence-electron chi connectivity index (χ1n) is 15.5. The number of hydrogen-bond acceptors (Lipinski definition) is 12. The summed E-state index contributed by atoms with van der Waals surface area (Å²) >= 11 is 0. The van der Waals surface area contributed by atoms with Gasteiger partial charge in [0.05, 0.1) is 28.4 Å². The summed E-state index contributed by atoms with van der Waals surface area (Å²) in [6.45, 7) is 4.85. The molecule has 1 radical (unpaired) electrons. The van der Waals surface area contributed by atoms with Gasteiger partial charge in [-0.2, -0.15) is 0 Å². The minimum atomic E-state index is -0.0817. The first-order chi connectivity index (χ1) is 23.3. The van der Waals surface area contributed by atoms with Crippen LogP contribution in [0.2, 0.25) is 0 Å². The summed E-state index contributed by atoms with van der Waals surface area (Å²) in [5, 5.41) is 56.8. The van der Waals surface area contributed by atoms with Gasteiger partial charge in [0.2, 0.25) is 0 Å². The van der Waals surface area contributed by atoms with Crippen molar-refractivity contribution < 1.29 is 78.0 Å². The average Bonchev–Trinajstić information content (AvgIpc) is 3.10. The normalized spacial score (nSPS) is 10.4. The summed E-state index contributed by atoms with van der Waals surface area (Å²) in [5.74, 6) is 1.81. The molecule has 0 heterocycles. The fourth-order valence-electron chi connectivity index (χ4n) is 4.72. The van der Waals surface area contributed by atoms with Crippen molar-refractivity contribution in [3.63, 3.8) is 0 Å². The van der Waals surface area contributed by atoms with E-state index in [2.05, 4.69) is 21.3 Å². The summed E-state index contributed by atoms with van der Waals surface area (Å²) in [6, 6.07) is 21.3. The molecule has 0 fully saturated rings. The zero-order valence-electron chi connectivity index (χ0n) is 28.3. The predicted octanol–water partition coefficient (Wildman–Crippen LogP) is 2.72. The summed E-state index contributed by atoms with van der Waals surface area (Å²) in [5.41, 5.74) is 2.92. The molecule has 0 aliphatic rings. The van der Waals surface area contributed by atoms with E-state index in [0.717, 1.165) is 11.1 Å². The van der Waals surface area contributed by atoms with E-state index in [0.29, 0.717) is 86.5 Å². The van der Waals surface area contributed by atoms with Crippen LogP contribution in [-0.2, 0) is 26.2 Å². The Labute approximate surface area is 319 Å². The maximum absolute atomic E-state index is 12.0. The first kappa shape index (κ1) is 41.6. The molecule has 0 saturated carbocycles. The maximum Gasteiger partial charge on any atom is 0.162 e. The molecule has 0 amide bonds. The number of phenols is 2. The van der Waals surface area contributed by atoms with Gasteiger partial charge in [-0.25, -0.2) is 0 Å². The van der Waals surface area contributed by atoms with Crippen molar-refractivity contribution in [2.45, 2.75) is 26.2 Å². The topological polar surface area (TPSA) is 172 Å². The number of aromatic hydroxyl groups is 2. The van der Waals surface area contributed by atoms with Crippen LogP contribution in [0.4, 0.5) is 0 Å². The summed E-state index contributed by atoms with van der Waals surface area (Å²) in [6.07, 6.45) is 0. The predicted molar refractivity (Wildman–Crippen MR) is 181 cm³/mol. The number of methoxy groups -OCH3 is 4. The molecule has 4 aromatic rings. The van der Waals surface area contributed by atoms with Crippen LogP contribution in [0.5, 0.6) is 46.0 Å². The standard InChI is InChI=1S/2C18H24N2O4.Tb/c2*1-23-15-7-3-5-13(17(15)21)11-19-9-10-20-12-14-6-4-8-16(24-2)18(14)22;/h2*3-8,19-22H,9-12H2,1-2H3;/p-2.